The van der Waals surface area contributed by atoms with Crippen molar-refractivity contribution in [1.82, 2.24) is 15.1 Å². The van der Waals surface area contributed by atoms with Crippen LogP contribution in [0.5, 0.6) is 0 Å². The van der Waals surface area contributed by atoms with E-state index in [0.29, 0.717) is 18.2 Å². The Kier molecular flexibility index (Phi) is 4.75. The Morgan fingerprint density at radius 1 is 1.04 bits per heavy atom. The van der Waals surface area contributed by atoms with Crippen molar-refractivity contribution < 1.29 is 4.79 Å². The van der Waals surface area contributed by atoms with E-state index >= 15 is 0 Å². The summed E-state index contributed by atoms with van der Waals surface area (Å²) in [5.41, 5.74) is 3.28. The number of benzene rings is 2. The second kappa shape index (κ2) is 7.13. The molecule has 122 valence electrons. The molecule has 4 heteroatoms. The highest BCUT2D eigenvalue weighted by atomic mass is 16.1. The fourth-order valence-corrected chi connectivity index (χ4v) is 2.46. The smallest absolute Gasteiger partial charge is 0.271 e. The van der Waals surface area contributed by atoms with Crippen molar-refractivity contribution in [3.05, 3.63) is 72.4 Å². The van der Waals surface area contributed by atoms with Crippen LogP contribution < -0.4 is 5.32 Å². The van der Waals surface area contributed by atoms with Crippen LogP contribution in [0.3, 0.4) is 0 Å². The summed E-state index contributed by atoms with van der Waals surface area (Å²) in [6, 6.07) is 21.7. The largest absolute Gasteiger partial charge is 0.350 e. The summed E-state index contributed by atoms with van der Waals surface area (Å²) in [6.07, 6.45) is 0. The maximum absolute atomic E-state index is 12.4. The highest BCUT2D eigenvalue weighted by Crippen LogP contribution is 2.23. The fraction of sp³-hybridized carbons (Fsp3) is 0.200. The minimum Gasteiger partial charge on any atom is -0.350 e. The van der Waals surface area contributed by atoms with Crippen molar-refractivity contribution in [1.29, 1.82) is 0 Å². The molecule has 0 bridgehead atoms. The van der Waals surface area contributed by atoms with Crippen molar-refractivity contribution in [2.75, 3.05) is 6.54 Å². The minimum absolute atomic E-state index is 0.143. The highest BCUT2D eigenvalue weighted by molar-refractivity contribution is 5.93. The first-order valence-corrected chi connectivity index (χ1v) is 8.14. The lowest BCUT2D eigenvalue weighted by Crippen LogP contribution is -2.27. The molecule has 0 radical (unpaired) electrons. The van der Waals surface area contributed by atoms with Gasteiger partial charge in [-0.1, -0.05) is 62.4 Å². The average Bonchev–Trinajstić information content (AvgIpc) is 3.06. The van der Waals surface area contributed by atoms with Crippen molar-refractivity contribution in [2.45, 2.75) is 13.8 Å². The van der Waals surface area contributed by atoms with Crippen LogP contribution in [-0.4, -0.2) is 22.2 Å². The zero-order valence-electron chi connectivity index (χ0n) is 13.9. The van der Waals surface area contributed by atoms with Crippen LogP contribution in [0.4, 0.5) is 0 Å². The van der Waals surface area contributed by atoms with Gasteiger partial charge in [-0.3, -0.25) is 4.79 Å². The van der Waals surface area contributed by atoms with E-state index in [-0.39, 0.29) is 5.91 Å². The summed E-state index contributed by atoms with van der Waals surface area (Å²) in [4.78, 5) is 12.4. The minimum atomic E-state index is -0.143. The van der Waals surface area contributed by atoms with Crippen LogP contribution in [-0.2, 0) is 0 Å². The molecule has 0 saturated heterocycles. The van der Waals surface area contributed by atoms with Gasteiger partial charge in [-0.25, -0.2) is 4.68 Å². The van der Waals surface area contributed by atoms with Crippen LogP contribution in [0.1, 0.15) is 24.3 Å². The summed E-state index contributed by atoms with van der Waals surface area (Å²) in [5, 5.41) is 7.47. The number of para-hydroxylation sites is 1. The van der Waals surface area contributed by atoms with Gasteiger partial charge in [-0.15, -0.1) is 0 Å². The summed E-state index contributed by atoms with van der Waals surface area (Å²) in [6.45, 7) is 4.77. The van der Waals surface area contributed by atoms with Gasteiger partial charge in [0, 0.05) is 12.1 Å². The van der Waals surface area contributed by atoms with E-state index in [1.54, 1.807) is 0 Å². The zero-order valence-corrected chi connectivity index (χ0v) is 13.9. The van der Waals surface area contributed by atoms with Gasteiger partial charge in [0.1, 0.15) is 0 Å². The third-order valence-corrected chi connectivity index (χ3v) is 3.68. The number of hydrogen-bond acceptors (Lipinski definition) is 2. The highest BCUT2D eigenvalue weighted by Gasteiger charge is 2.16. The molecule has 0 fully saturated rings. The van der Waals surface area contributed by atoms with Crippen molar-refractivity contribution in [3.63, 3.8) is 0 Å². The third kappa shape index (κ3) is 3.54. The number of rotatable bonds is 5. The number of carbonyl (C=O) groups is 1. The second-order valence-electron chi connectivity index (χ2n) is 6.13. The molecule has 0 unspecified atom stereocenters. The predicted octanol–water partition coefficient (Wildman–Crippen LogP) is 3.93. The number of carbonyl (C=O) groups excluding carboxylic acids is 1. The van der Waals surface area contributed by atoms with Crippen molar-refractivity contribution in [2.24, 2.45) is 5.92 Å². The number of hydrogen-bond donors (Lipinski definition) is 1. The molecule has 0 spiro atoms. The zero-order chi connectivity index (χ0) is 16.9. The molecule has 0 saturated carbocycles. The Bertz CT molecular complexity index is 750. The lowest BCUT2D eigenvalue weighted by atomic mass is 10.1. The van der Waals surface area contributed by atoms with Gasteiger partial charge in [0.15, 0.2) is 5.69 Å². The van der Waals surface area contributed by atoms with Crippen LogP contribution in [0, 0.1) is 5.92 Å². The maximum atomic E-state index is 12.4. The number of aromatic nitrogens is 2. The summed E-state index contributed by atoms with van der Waals surface area (Å²) in [5.74, 6) is 0.259. The van der Waals surface area contributed by atoms with Gasteiger partial charge in [0.2, 0.25) is 0 Å². The molecule has 1 amide bonds. The molecular formula is C20H21N3O. The van der Waals surface area contributed by atoms with E-state index in [4.69, 9.17) is 0 Å². The summed E-state index contributed by atoms with van der Waals surface area (Å²) >= 11 is 0. The molecule has 0 aliphatic carbocycles. The van der Waals surface area contributed by atoms with Crippen LogP contribution in [0.15, 0.2) is 66.7 Å². The molecule has 1 heterocycles. The SMILES string of the molecule is CC(C)CNC(=O)c1cc(-c2ccccc2)n(-c2ccccc2)n1. The lowest BCUT2D eigenvalue weighted by molar-refractivity contribution is 0.0943. The van der Waals surface area contributed by atoms with E-state index in [1.165, 1.54) is 0 Å². The number of nitrogens with zero attached hydrogens (tertiary/aromatic N) is 2. The Morgan fingerprint density at radius 3 is 2.29 bits per heavy atom. The molecule has 24 heavy (non-hydrogen) atoms. The molecule has 3 aromatic rings. The van der Waals surface area contributed by atoms with Gasteiger partial charge >= 0.3 is 0 Å². The molecular weight excluding hydrogens is 298 g/mol. The second-order valence-corrected chi connectivity index (χ2v) is 6.13. The quantitative estimate of drug-likeness (QED) is 0.774. The van der Waals surface area contributed by atoms with E-state index in [9.17, 15) is 4.79 Å². The van der Waals surface area contributed by atoms with Gasteiger partial charge < -0.3 is 5.32 Å². The summed E-state index contributed by atoms with van der Waals surface area (Å²) in [7, 11) is 0. The molecule has 2 aromatic carbocycles. The molecule has 4 nitrogen and oxygen atoms in total. The van der Waals surface area contributed by atoms with Crippen LogP contribution in [0.25, 0.3) is 16.9 Å². The normalized spacial score (nSPS) is 10.8. The van der Waals surface area contributed by atoms with E-state index in [2.05, 4.69) is 24.3 Å². The predicted molar refractivity (Wildman–Crippen MR) is 96.2 cm³/mol. The van der Waals surface area contributed by atoms with Crippen molar-refractivity contribution in [3.8, 4) is 16.9 Å². The Morgan fingerprint density at radius 2 is 1.67 bits per heavy atom. The average molecular weight is 319 g/mol. The lowest BCUT2D eigenvalue weighted by Gasteiger charge is -2.07. The molecule has 3 rings (SSSR count). The topological polar surface area (TPSA) is 46.9 Å². The first kappa shape index (κ1) is 16.0. The van der Waals surface area contributed by atoms with Crippen LogP contribution >= 0.6 is 0 Å². The first-order valence-electron chi connectivity index (χ1n) is 8.14. The van der Waals surface area contributed by atoms with Crippen LogP contribution in [0.2, 0.25) is 0 Å². The Hall–Kier alpha value is -2.88. The Balaban J connectivity index is 2.02. The molecule has 0 atom stereocenters. The molecule has 0 aliphatic heterocycles. The number of amides is 1. The van der Waals surface area contributed by atoms with Crippen molar-refractivity contribution >= 4 is 5.91 Å². The standard InChI is InChI=1S/C20H21N3O/c1-15(2)14-21-20(24)18-13-19(16-9-5-3-6-10-16)23(22-18)17-11-7-4-8-12-17/h3-13,15H,14H2,1-2H3,(H,21,24). The first-order chi connectivity index (χ1) is 11.6. The molecule has 1 N–H and O–H groups in total. The van der Waals surface area contributed by atoms with Gasteiger partial charge in [-0.05, 0) is 24.1 Å². The summed E-state index contributed by atoms with van der Waals surface area (Å²) < 4.78 is 1.82. The molecule has 0 aliphatic rings. The monoisotopic (exact) mass is 319 g/mol. The van der Waals surface area contributed by atoms with Gasteiger partial charge in [-0.2, -0.15) is 5.10 Å². The third-order valence-electron chi connectivity index (χ3n) is 3.68. The van der Waals surface area contributed by atoms with Gasteiger partial charge in [0.25, 0.3) is 5.91 Å². The van der Waals surface area contributed by atoms with Gasteiger partial charge in [0.05, 0.1) is 11.4 Å². The van der Waals surface area contributed by atoms with E-state index in [0.717, 1.165) is 16.9 Å². The molecule has 1 aromatic heterocycles. The fourth-order valence-electron chi connectivity index (χ4n) is 2.46. The maximum Gasteiger partial charge on any atom is 0.271 e. The van der Waals surface area contributed by atoms with E-state index < -0.39 is 0 Å². The number of nitrogens with one attached hydrogen (secondary N) is 1. The Labute approximate surface area is 142 Å². The van der Waals surface area contributed by atoms with E-state index in [1.807, 2.05) is 71.4 Å².